The van der Waals surface area contributed by atoms with Crippen LogP contribution in [0, 0.1) is 0 Å². The van der Waals surface area contributed by atoms with E-state index in [1.807, 2.05) is 30.3 Å². The molecule has 0 aromatic heterocycles. The Kier molecular flexibility index (Phi) is 3.88. The van der Waals surface area contributed by atoms with E-state index in [-0.39, 0.29) is 13.2 Å². The van der Waals surface area contributed by atoms with Gasteiger partial charge in [0, 0.05) is 0 Å². The van der Waals surface area contributed by atoms with Gasteiger partial charge in [0.05, 0.1) is 6.54 Å². The molecule has 1 saturated heterocycles. The van der Waals surface area contributed by atoms with Crippen LogP contribution in [-0.4, -0.2) is 30.1 Å². The molecule has 2 rings (SSSR count). The number of carbonyl (C=O) groups excluding carboxylic acids is 3. The molecule has 0 aliphatic carbocycles. The molecule has 1 aliphatic heterocycles. The number of hydrogen-bond acceptors (Lipinski definition) is 4. The molecule has 1 atom stereocenters. The number of rotatable bonds is 4. The highest BCUT2D eigenvalue weighted by molar-refractivity contribution is 6.07. The van der Waals surface area contributed by atoms with E-state index in [0.29, 0.717) is 0 Å². The van der Waals surface area contributed by atoms with Crippen LogP contribution in [0.1, 0.15) is 12.5 Å². The van der Waals surface area contributed by atoms with Gasteiger partial charge in [0.1, 0.15) is 12.1 Å². The summed E-state index contributed by atoms with van der Waals surface area (Å²) in [6.45, 7) is 1.62. The van der Waals surface area contributed by atoms with Crippen LogP contribution in [0.3, 0.4) is 0 Å². The Hall–Kier alpha value is -2.57. The summed E-state index contributed by atoms with van der Waals surface area (Å²) in [5.41, 5.74) is -0.288. The van der Waals surface area contributed by atoms with Crippen LogP contribution in [0.4, 0.5) is 9.59 Å². The summed E-state index contributed by atoms with van der Waals surface area (Å²) in [6, 6.07) is 8.65. The van der Waals surface area contributed by atoms with Gasteiger partial charge in [-0.1, -0.05) is 30.3 Å². The maximum absolute atomic E-state index is 11.5. The summed E-state index contributed by atoms with van der Waals surface area (Å²) in [5.74, 6) is -0.481. The Morgan fingerprint density at radius 2 is 2.00 bits per heavy atom. The molecule has 3 N–H and O–H groups in total. The second-order valence-electron chi connectivity index (χ2n) is 4.66. The molecule has 0 saturated carbocycles. The maximum atomic E-state index is 11.5. The molecule has 1 fully saturated rings. The molecule has 7 heteroatoms. The Balaban J connectivity index is 1.78. The quantitative estimate of drug-likeness (QED) is 0.699. The van der Waals surface area contributed by atoms with Gasteiger partial charge in [-0.3, -0.25) is 10.1 Å². The van der Waals surface area contributed by atoms with Crippen molar-refractivity contribution in [2.24, 2.45) is 0 Å². The highest BCUT2D eigenvalue weighted by atomic mass is 16.5. The lowest BCUT2D eigenvalue weighted by Gasteiger charge is -2.20. The van der Waals surface area contributed by atoms with Gasteiger partial charge in [0.25, 0.3) is 5.91 Å². The number of nitrogens with one attached hydrogen (secondary N) is 3. The van der Waals surface area contributed by atoms with Crippen LogP contribution < -0.4 is 16.0 Å². The maximum Gasteiger partial charge on any atom is 0.407 e. The summed E-state index contributed by atoms with van der Waals surface area (Å²) in [4.78, 5) is 34.1. The smallest absolute Gasteiger partial charge is 0.407 e. The van der Waals surface area contributed by atoms with Crippen molar-refractivity contribution in [3.05, 3.63) is 35.9 Å². The molecule has 0 unspecified atom stereocenters. The van der Waals surface area contributed by atoms with E-state index in [4.69, 9.17) is 4.74 Å². The Morgan fingerprint density at radius 3 is 2.60 bits per heavy atom. The number of urea groups is 1. The summed E-state index contributed by atoms with van der Waals surface area (Å²) in [6.07, 6.45) is -0.649. The fourth-order valence-corrected chi connectivity index (χ4v) is 1.73. The number of amides is 4. The first-order valence-corrected chi connectivity index (χ1v) is 6.08. The average Bonchev–Trinajstić information content (AvgIpc) is 2.69. The Morgan fingerprint density at radius 1 is 1.30 bits per heavy atom. The lowest BCUT2D eigenvalue weighted by Crippen LogP contribution is -2.52. The molecule has 106 valence electrons. The van der Waals surface area contributed by atoms with Gasteiger partial charge in [-0.25, -0.2) is 9.59 Å². The zero-order valence-corrected chi connectivity index (χ0v) is 10.9. The van der Waals surface area contributed by atoms with Crippen molar-refractivity contribution in [1.29, 1.82) is 0 Å². The van der Waals surface area contributed by atoms with Gasteiger partial charge >= 0.3 is 12.1 Å². The van der Waals surface area contributed by atoms with Crippen molar-refractivity contribution in [3.8, 4) is 0 Å². The molecule has 7 nitrogen and oxygen atoms in total. The molecular formula is C13H15N3O4. The summed E-state index contributed by atoms with van der Waals surface area (Å²) in [7, 11) is 0. The fraction of sp³-hybridized carbons (Fsp3) is 0.308. The number of alkyl carbamates (subject to hydrolysis) is 1. The van der Waals surface area contributed by atoms with Gasteiger partial charge < -0.3 is 15.4 Å². The molecule has 1 heterocycles. The second kappa shape index (κ2) is 5.60. The molecule has 0 spiro atoms. The Bertz CT molecular complexity index is 532. The van der Waals surface area contributed by atoms with Crippen molar-refractivity contribution < 1.29 is 19.1 Å². The predicted octanol–water partition coefficient (Wildman–Crippen LogP) is 0.511. The van der Waals surface area contributed by atoms with E-state index in [9.17, 15) is 14.4 Å². The summed E-state index contributed by atoms with van der Waals surface area (Å²) >= 11 is 0. The van der Waals surface area contributed by atoms with E-state index in [0.717, 1.165) is 5.56 Å². The van der Waals surface area contributed by atoms with Crippen LogP contribution >= 0.6 is 0 Å². The minimum Gasteiger partial charge on any atom is -0.445 e. The van der Waals surface area contributed by atoms with Crippen LogP contribution in [-0.2, 0) is 16.1 Å². The van der Waals surface area contributed by atoms with Gasteiger partial charge in [-0.2, -0.15) is 0 Å². The van der Waals surface area contributed by atoms with E-state index < -0.39 is 23.6 Å². The minimum atomic E-state index is -1.15. The third-order valence-corrected chi connectivity index (χ3v) is 2.92. The monoisotopic (exact) mass is 277 g/mol. The van der Waals surface area contributed by atoms with Crippen LogP contribution in [0.15, 0.2) is 30.3 Å². The third-order valence-electron chi connectivity index (χ3n) is 2.92. The highest BCUT2D eigenvalue weighted by Crippen LogP contribution is 2.08. The van der Waals surface area contributed by atoms with Gasteiger partial charge in [0.15, 0.2) is 0 Å². The molecule has 4 amide bonds. The highest BCUT2D eigenvalue weighted by Gasteiger charge is 2.42. The van der Waals surface area contributed by atoms with E-state index in [1.54, 1.807) is 0 Å². The van der Waals surface area contributed by atoms with Crippen molar-refractivity contribution in [2.75, 3.05) is 6.54 Å². The number of hydrogen-bond donors (Lipinski definition) is 3. The second-order valence-corrected chi connectivity index (χ2v) is 4.66. The van der Waals surface area contributed by atoms with Gasteiger partial charge in [0.2, 0.25) is 0 Å². The normalized spacial score (nSPS) is 21.1. The van der Waals surface area contributed by atoms with E-state index in [2.05, 4.69) is 16.0 Å². The molecule has 0 radical (unpaired) electrons. The summed E-state index contributed by atoms with van der Waals surface area (Å²) < 4.78 is 5.00. The molecule has 1 aromatic rings. The van der Waals surface area contributed by atoms with Gasteiger partial charge in [-0.15, -0.1) is 0 Å². The van der Waals surface area contributed by atoms with Gasteiger partial charge in [-0.05, 0) is 12.5 Å². The number of imide groups is 1. The number of ether oxygens (including phenoxy) is 1. The average molecular weight is 277 g/mol. The minimum absolute atomic E-state index is 0.0435. The first kappa shape index (κ1) is 13.9. The Labute approximate surface area is 115 Å². The molecule has 1 aromatic carbocycles. The summed E-state index contributed by atoms with van der Waals surface area (Å²) in [5, 5.41) is 7.00. The predicted molar refractivity (Wildman–Crippen MR) is 69.7 cm³/mol. The number of carbonyl (C=O) groups is 3. The van der Waals surface area contributed by atoms with Crippen molar-refractivity contribution in [1.82, 2.24) is 16.0 Å². The van der Waals surface area contributed by atoms with Crippen molar-refractivity contribution in [3.63, 3.8) is 0 Å². The van der Waals surface area contributed by atoms with E-state index >= 15 is 0 Å². The molecule has 0 bridgehead atoms. The third kappa shape index (κ3) is 3.25. The lowest BCUT2D eigenvalue weighted by molar-refractivity contribution is -0.123. The van der Waals surface area contributed by atoms with E-state index in [1.165, 1.54) is 6.92 Å². The van der Waals surface area contributed by atoms with Crippen molar-refractivity contribution >= 4 is 18.0 Å². The largest absolute Gasteiger partial charge is 0.445 e. The zero-order valence-electron chi connectivity index (χ0n) is 10.9. The van der Waals surface area contributed by atoms with Crippen LogP contribution in [0.5, 0.6) is 0 Å². The number of benzene rings is 1. The van der Waals surface area contributed by atoms with Crippen molar-refractivity contribution in [2.45, 2.75) is 19.1 Å². The first-order valence-electron chi connectivity index (χ1n) is 6.08. The lowest BCUT2D eigenvalue weighted by atomic mass is 10.0. The molecular weight excluding hydrogens is 262 g/mol. The SMILES string of the molecule is C[C@@]1(CNC(=O)OCc2ccccc2)NC(=O)NC1=O. The molecule has 20 heavy (non-hydrogen) atoms. The standard InChI is InChI=1S/C13H15N3O4/c1-13(10(17)15-11(18)16-13)8-14-12(19)20-7-9-5-3-2-4-6-9/h2-6H,7-8H2,1H3,(H,14,19)(H2,15,16,17,18)/t13-/m0/s1. The topological polar surface area (TPSA) is 96.5 Å². The first-order chi connectivity index (χ1) is 9.49. The van der Waals surface area contributed by atoms with Crippen LogP contribution in [0.25, 0.3) is 0 Å². The van der Waals surface area contributed by atoms with Crippen LogP contribution in [0.2, 0.25) is 0 Å². The zero-order chi connectivity index (χ0) is 14.6. The molecule has 1 aliphatic rings. The fourth-order valence-electron chi connectivity index (χ4n) is 1.73.